The molecule has 28 heavy (non-hydrogen) atoms. The number of ether oxygens (including phenoxy) is 1. The molecule has 3 heterocycles. The molecule has 0 spiro atoms. The van der Waals surface area contributed by atoms with Gasteiger partial charge in [0.15, 0.2) is 11.6 Å². The Kier molecular flexibility index (Phi) is 5.28. The van der Waals surface area contributed by atoms with E-state index < -0.39 is 0 Å². The van der Waals surface area contributed by atoms with Crippen molar-refractivity contribution < 1.29 is 9.13 Å². The summed E-state index contributed by atoms with van der Waals surface area (Å²) >= 11 is 0. The van der Waals surface area contributed by atoms with Gasteiger partial charge in [0.1, 0.15) is 0 Å². The molecule has 1 aromatic carbocycles. The van der Waals surface area contributed by atoms with Crippen molar-refractivity contribution in [2.24, 2.45) is 0 Å². The SMILES string of the molecule is COc1ccc(CN2CCN(Cc3cnc4nc(C)cc(C)n34)CC2)cc1F. The molecule has 0 radical (unpaired) electrons. The highest BCUT2D eigenvalue weighted by atomic mass is 19.1. The molecule has 0 saturated carbocycles. The zero-order valence-corrected chi connectivity index (χ0v) is 16.7. The molecular weight excluding hydrogens is 357 g/mol. The van der Waals surface area contributed by atoms with E-state index in [9.17, 15) is 4.39 Å². The Labute approximate surface area is 164 Å². The molecule has 0 N–H and O–H groups in total. The maximum absolute atomic E-state index is 13.9. The smallest absolute Gasteiger partial charge is 0.234 e. The van der Waals surface area contributed by atoms with Gasteiger partial charge in [-0.25, -0.2) is 14.4 Å². The van der Waals surface area contributed by atoms with Gasteiger partial charge in [0.05, 0.1) is 19.0 Å². The summed E-state index contributed by atoms with van der Waals surface area (Å²) in [6.07, 6.45) is 1.93. The van der Waals surface area contributed by atoms with E-state index in [4.69, 9.17) is 4.74 Å². The normalized spacial score (nSPS) is 16.0. The number of imidazole rings is 1. The van der Waals surface area contributed by atoms with E-state index in [1.807, 2.05) is 19.2 Å². The van der Waals surface area contributed by atoms with Crippen LogP contribution in [0.15, 0.2) is 30.5 Å². The molecular formula is C21H26FN5O. The fourth-order valence-electron chi connectivity index (χ4n) is 3.91. The van der Waals surface area contributed by atoms with Crippen molar-refractivity contribution >= 4 is 5.78 Å². The standard InChI is InChI=1S/C21H26FN5O/c1-15-10-16(2)27-18(12-23-21(27)24-15)14-26-8-6-25(7-9-26)13-17-4-5-20(28-3)19(22)11-17/h4-5,10-12H,6-9,13-14H2,1-3H3. The zero-order valence-electron chi connectivity index (χ0n) is 16.7. The van der Waals surface area contributed by atoms with Gasteiger partial charge >= 0.3 is 0 Å². The summed E-state index contributed by atoms with van der Waals surface area (Å²) in [5.41, 5.74) is 4.30. The highest BCUT2D eigenvalue weighted by molar-refractivity contribution is 5.35. The van der Waals surface area contributed by atoms with E-state index in [1.54, 1.807) is 12.1 Å². The van der Waals surface area contributed by atoms with Crippen LogP contribution in [0.5, 0.6) is 5.75 Å². The summed E-state index contributed by atoms with van der Waals surface area (Å²) < 4.78 is 21.0. The van der Waals surface area contributed by atoms with Crippen molar-refractivity contribution in [3.63, 3.8) is 0 Å². The largest absolute Gasteiger partial charge is 0.494 e. The third-order valence-electron chi connectivity index (χ3n) is 5.34. The highest BCUT2D eigenvalue weighted by Crippen LogP contribution is 2.20. The number of hydrogen-bond donors (Lipinski definition) is 0. The number of methoxy groups -OCH3 is 1. The first-order valence-corrected chi connectivity index (χ1v) is 9.61. The van der Waals surface area contributed by atoms with Crippen molar-refractivity contribution in [1.82, 2.24) is 24.2 Å². The topological polar surface area (TPSA) is 45.9 Å². The molecule has 0 amide bonds. The third-order valence-corrected chi connectivity index (χ3v) is 5.34. The number of nitrogens with zero attached hydrogens (tertiary/aromatic N) is 5. The first-order chi connectivity index (χ1) is 13.5. The van der Waals surface area contributed by atoms with E-state index >= 15 is 0 Å². The van der Waals surface area contributed by atoms with Crippen molar-refractivity contribution in [2.45, 2.75) is 26.9 Å². The lowest BCUT2D eigenvalue weighted by molar-refractivity contribution is 0.120. The molecule has 4 rings (SSSR count). The van der Waals surface area contributed by atoms with Crippen LogP contribution >= 0.6 is 0 Å². The highest BCUT2D eigenvalue weighted by Gasteiger charge is 2.19. The summed E-state index contributed by atoms with van der Waals surface area (Å²) in [5, 5.41) is 0. The van der Waals surface area contributed by atoms with Crippen LogP contribution in [0.3, 0.4) is 0 Å². The van der Waals surface area contributed by atoms with E-state index in [2.05, 4.69) is 37.2 Å². The van der Waals surface area contributed by atoms with Crippen LogP contribution in [0.25, 0.3) is 5.78 Å². The second-order valence-corrected chi connectivity index (χ2v) is 7.45. The summed E-state index contributed by atoms with van der Waals surface area (Å²) in [6, 6.07) is 7.29. The molecule has 3 aromatic rings. The number of benzene rings is 1. The number of halogens is 1. The van der Waals surface area contributed by atoms with Crippen molar-refractivity contribution in [3.05, 3.63) is 58.9 Å². The minimum atomic E-state index is -0.300. The molecule has 0 aliphatic carbocycles. The first kappa shape index (κ1) is 18.8. The van der Waals surface area contributed by atoms with Gasteiger partial charge in [0, 0.05) is 50.7 Å². The number of hydrogen-bond acceptors (Lipinski definition) is 5. The molecule has 0 unspecified atom stereocenters. The van der Waals surface area contributed by atoms with E-state index in [-0.39, 0.29) is 5.82 Å². The maximum Gasteiger partial charge on any atom is 0.234 e. The quantitative estimate of drug-likeness (QED) is 0.678. The fourth-order valence-corrected chi connectivity index (χ4v) is 3.91. The molecule has 0 bridgehead atoms. The lowest BCUT2D eigenvalue weighted by Crippen LogP contribution is -2.45. The molecule has 7 heteroatoms. The Morgan fingerprint density at radius 3 is 2.43 bits per heavy atom. The monoisotopic (exact) mass is 383 g/mol. The average molecular weight is 383 g/mol. The Morgan fingerprint density at radius 1 is 1.04 bits per heavy atom. The average Bonchev–Trinajstić information content (AvgIpc) is 3.06. The Balaban J connectivity index is 1.36. The Morgan fingerprint density at radius 2 is 1.75 bits per heavy atom. The lowest BCUT2D eigenvalue weighted by Gasteiger charge is -2.34. The number of rotatable bonds is 5. The predicted octanol–water partition coefficient (Wildman–Crippen LogP) is 2.81. The summed E-state index contributed by atoms with van der Waals surface area (Å²) in [5.74, 6) is 0.764. The van der Waals surface area contributed by atoms with Crippen molar-refractivity contribution in [3.8, 4) is 5.75 Å². The van der Waals surface area contributed by atoms with Crippen molar-refractivity contribution in [2.75, 3.05) is 33.3 Å². The van der Waals surface area contributed by atoms with Crippen LogP contribution in [0.2, 0.25) is 0 Å². The van der Waals surface area contributed by atoms with Gasteiger partial charge in [-0.2, -0.15) is 0 Å². The van der Waals surface area contributed by atoms with E-state index in [0.717, 1.165) is 62.0 Å². The van der Waals surface area contributed by atoms with Crippen LogP contribution in [-0.2, 0) is 13.1 Å². The summed E-state index contributed by atoms with van der Waals surface area (Å²) in [4.78, 5) is 13.8. The maximum atomic E-state index is 13.9. The zero-order chi connectivity index (χ0) is 19.7. The number of piperazine rings is 1. The number of fused-ring (bicyclic) bond motifs is 1. The predicted molar refractivity (Wildman–Crippen MR) is 106 cm³/mol. The second kappa shape index (κ2) is 7.85. The lowest BCUT2D eigenvalue weighted by atomic mass is 10.1. The molecule has 1 fully saturated rings. The Bertz CT molecular complexity index is 978. The second-order valence-electron chi connectivity index (χ2n) is 7.45. The molecule has 2 aromatic heterocycles. The van der Waals surface area contributed by atoms with Crippen LogP contribution < -0.4 is 4.74 Å². The minimum Gasteiger partial charge on any atom is -0.494 e. The van der Waals surface area contributed by atoms with Crippen LogP contribution in [0.4, 0.5) is 4.39 Å². The molecule has 1 aliphatic heterocycles. The third kappa shape index (κ3) is 3.86. The molecule has 1 saturated heterocycles. The first-order valence-electron chi connectivity index (χ1n) is 9.61. The summed E-state index contributed by atoms with van der Waals surface area (Å²) in [6.45, 7) is 9.58. The van der Waals surface area contributed by atoms with Gasteiger partial charge in [0.25, 0.3) is 0 Å². The number of aromatic nitrogens is 3. The van der Waals surface area contributed by atoms with Crippen LogP contribution in [0.1, 0.15) is 22.6 Å². The van der Waals surface area contributed by atoms with Gasteiger partial charge in [-0.1, -0.05) is 6.07 Å². The Hall–Kier alpha value is -2.51. The van der Waals surface area contributed by atoms with Crippen LogP contribution in [0, 0.1) is 19.7 Å². The van der Waals surface area contributed by atoms with Gasteiger partial charge in [-0.3, -0.25) is 14.2 Å². The van der Waals surface area contributed by atoms with E-state index in [0.29, 0.717) is 5.75 Å². The molecule has 6 nitrogen and oxygen atoms in total. The van der Waals surface area contributed by atoms with E-state index in [1.165, 1.54) is 12.8 Å². The van der Waals surface area contributed by atoms with Gasteiger partial charge in [-0.15, -0.1) is 0 Å². The molecule has 1 aliphatic rings. The minimum absolute atomic E-state index is 0.293. The van der Waals surface area contributed by atoms with Gasteiger partial charge in [-0.05, 0) is 37.6 Å². The fraction of sp³-hybridized carbons (Fsp3) is 0.429. The van der Waals surface area contributed by atoms with Crippen molar-refractivity contribution in [1.29, 1.82) is 0 Å². The van der Waals surface area contributed by atoms with Gasteiger partial charge < -0.3 is 4.74 Å². The molecule has 148 valence electrons. The van der Waals surface area contributed by atoms with Gasteiger partial charge in [0.2, 0.25) is 5.78 Å². The number of aryl methyl sites for hydroxylation is 2. The molecule has 0 atom stereocenters. The summed E-state index contributed by atoms with van der Waals surface area (Å²) in [7, 11) is 1.49. The van der Waals surface area contributed by atoms with Crippen LogP contribution in [-0.4, -0.2) is 57.5 Å².